The van der Waals surface area contributed by atoms with Gasteiger partial charge in [0.25, 0.3) is 6.43 Å². The van der Waals surface area contributed by atoms with Gasteiger partial charge in [-0.15, -0.1) is 15.3 Å². The Morgan fingerprint density at radius 2 is 1.91 bits per heavy atom. The zero-order valence-electron chi connectivity index (χ0n) is 17.7. The number of benzene rings is 1. The fourth-order valence-corrected chi connectivity index (χ4v) is 4.24. The summed E-state index contributed by atoms with van der Waals surface area (Å²) >= 11 is 0. The Kier molecular flexibility index (Phi) is 5.46. The molecule has 32 heavy (non-hydrogen) atoms. The molecule has 0 radical (unpaired) electrons. The van der Waals surface area contributed by atoms with Crippen LogP contribution in [-0.4, -0.2) is 51.5 Å². The molecule has 2 aromatic heterocycles. The van der Waals surface area contributed by atoms with Crippen LogP contribution in [0.3, 0.4) is 0 Å². The number of alkyl halides is 2. The van der Waals surface area contributed by atoms with Crippen LogP contribution in [0.25, 0.3) is 5.69 Å². The van der Waals surface area contributed by atoms with Gasteiger partial charge in [-0.2, -0.15) is 0 Å². The number of anilines is 1. The summed E-state index contributed by atoms with van der Waals surface area (Å²) in [4.78, 5) is 2.26. The summed E-state index contributed by atoms with van der Waals surface area (Å²) in [6.07, 6.45) is -0.189. The van der Waals surface area contributed by atoms with Crippen LogP contribution in [0.2, 0.25) is 0 Å². The first-order valence-electron chi connectivity index (χ1n) is 10.6. The molecule has 2 aliphatic rings. The highest BCUT2D eigenvalue weighted by atomic mass is 19.3. The minimum absolute atomic E-state index is 0.0387. The Morgan fingerprint density at radius 1 is 1.09 bits per heavy atom. The lowest BCUT2D eigenvalue weighted by molar-refractivity contribution is -0.117. The first-order chi connectivity index (χ1) is 15.5. The highest BCUT2D eigenvalue weighted by Gasteiger charge is 2.42. The zero-order chi connectivity index (χ0) is 22.1. The lowest BCUT2D eigenvalue weighted by Gasteiger charge is -2.48. The highest BCUT2D eigenvalue weighted by Crippen LogP contribution is 2.38. The van der Waals surface area contributed by atoms with Gasteiger partial charge in [0, 0.05) is 30.1 Å². The molecule has 0 N–H and O–H groups in total. The Labute approximate surface area is 184 Å². The van der Waals surface area contributed by atoms with Crippen molar-refractivity contribution in [2.24, 2.45) is 5.41 Å². The molecule has 0 saturated carbocycles. The van der Waals surface area contributed by atoms with Gasteiger partial charge in [0.05, 0.1) is 24.6 Å². The first-order valence-corrected chi connectivity index (χ1v) is 10.6. The van der Waals surface area contributed by atoms with Crippen molar-refractivity contribution in [2.75, 3.05) is 31.2 Å². The van der Waals surface area contributed by atoms with E-state index in [1.54, 1.807) is 16.8 Å². The largest absolute Gasteiger partial charge is 0.470 e. The van der Waals surface area contributed by atoms with Crippen molar-refractivity contribution in [2.45, 2.75) is 32.8 Å². The second-order valence-corrected chi connectivity index (χ2v) is 8.46. The molecule has 4 heterocycles. The molecule has 10 heteroatoms. The summed E-state index contributed by atoms with van der Waals surface area (Å²) in [7, 11) is 0. The molecule has 8 nitrogen and oxygen atoms in total. The molecule has 2 aliphatic heterocycles. The second-order valence-electron chi connectivity index (χ2n) is 8.46. The van der Waals surface area contributed by atoms with E-state index in [0.29, 0.717) is 23.0 Å². The monoisotopic (exact) mass is 442 g/mol. The third kappa shape index (κ3) is 4.02. The standard InChI is InChI=1S/C22H24F2N6O2/c1-15-18(30(28-25-15)17-5-3-16(4-6-17)21(23)24)11-32-20-8-7-19(26-27-20)29-10-2-9-22(12-29)13-31-14-22/h3-8,21H,2,9-14H2,1H3. The van der Waals surface area contributed by atoms with Gasteiger partial charge in [0.15, 0.2) is 5.82 Å². The van der Waals surface area contributed by atoms with Gasteiger partial charge in [0.1, 0.15) is 12.3 Å². The number of hydrogen-bond donors (Lipinski definition) is 0. The fraction of sp³-hybridized carbons (Fsp3) is 0.455. The second kappa shape index (κ2) is 8.42. The summed E-state index contributed by atoms with van der Waals surface area (Å²) in [5, 5.41) is 16.8. The van der Waals surface area contributed by atoms with Crippen molar-refractivity contribution < 1.29 is 18.3 Å². The average molecular weight is 442 g/mol. The molecule has 0 aliphatic carbocycles. The quantitative estimate of drug-likeness (QED) is 0.578. The predicted octanol–water partition coefficient (Wildman–Crippen LogP) is 3.50. The topological polar surface area (TPSA) is 78.2 Å². The fourth-order valence-electron chi connectivity index (χ4n) is 4.24. The Bertz CT molecular complexity index is 1070. The number of rotatable bonds is 6. The van der Waals surface area contributed by atoms with E-state index in [1.807, 2.05) is 19.1 Å². The van der Waals surface area contributed by atoms with Gasteiger partial charge < -0.3 is 14.4 Å². The van der Waals surface area contributed by atoms with E-state index in [4.69, 9.17) is 9.47 Å². The van der Waals surface area contributed by atoms with E-state index in [-0.39, 0.29) is 17.6 Å². The first kappa shape index (κ1) is 20.7. The molecule has 1 aromatic carbocycles. The van der Waals surface area contributed by atoms with Gasteiger partial charge >= 0.3 is 0 Å². The smallest absolute Gasteiger partial charge is 0.263 e. The summed E-state index contributed by atoms with van der Waals surface area (Å²) < 4.78 is 38.5. The molecule has 0 unspecified atom stereocenters. The van der Waals surface area contributed by atoms with Crippen LogP contribution in [0.5, 0.6) is 5.88 Å². The number of aryl methyl sites for hydroxylation is 1. The van der Waals surface area contributed by atoms with Crippen molar-refractivity contribution in [1.82, 2.24) is 25.2 Å². The molecule has 5 rings (SSSR count). The molecule has 0 amide bonds. The molecule has 2 saturated heterocycles. The Balaban J connectivity index is 1.26. The number of nitrogens with zero attached hydrogens (tertiary/aromatic N) is 6. The van der Waals surface area contributed by atoms with Gasteiger partial charge in [-0.3, -0.25) is 0 Å². The third-order valence-corrected chi connectivity index (χ3v) is 6.13. The van der Waals surface area contributed by atoms with E-state index >= 15 is 0 Å². The number of piperidine rings is 1. The van der Waals surface area contributed by atoms with E-state index in [1.165, 1.54) is 18.6 Å². The van der Waals surface area contributed by atoms with Gasteiger partial charge in [-0.25, -0.2) is 13.5 Å². The summed E-state index contributed by atoms with van der Waals surface area (Å²) in [6.45, 7) is 5.55. The normalized spacial score (nSPS) is 17.6. The van der Waals surface area contributed by atoms with Crippen molar-refractivity contribution in [1.29, 1.82) is 0 Å². The molecule has 0 atom stereocenters. The predicted molar refractivity (Wildman–Crippen MR) is 112 cm³/mol. The zero-order valence-corrected chi connectivity index (χ0v) is 17.7. The lowest BCUT2D eigenvalue weighted by atomic mass is 9.78. The number of aromatic nitrogens is 5. The maximum absolute atomic E-state index is 12.8. The molecule has 0 bridgehead atoms. The minimum atomic E-state index is -2.51. The molecule has 3 aromatic rings. The number of ether oxygens (including phenoxy) is 2. The van der Waals surface area contributed by atoms with E-state index in [9.17, 15) is 8.78 Å². The number of halogens is 2. The summed E-state index contributed by atoms with van der Waals surface area (Å²) in [6, 6.07) is 9.67. The number of hydrogen-bond acceptors (Lipinski definition) is 7. The van der Waals surface area contributed by atoms with Crippen LogP contribution in [0.1, 0.15) is 36.2 Å². The summed E-state index contributed by atoms with van der Waals surface area (Å²) in [5.74, 6) is 1.23. The minimum Gasteiger partial charge on any atom is -0.470 e. The summed E-state index contributed by atoms with van der Waals surface area (Å²) in [5.41, 5.74) is 2.26. The SMILES string of the molecule is Cc1nnn(-c2ccc(C(F)F)cc2)c1COc1ccc(N2CCCC3(COC3)C2)nn1. The van der Waals surface area contributed by atoms with Gasteiger partial charge in [0.2, 0.25) is 5.88 Å². The maximum atomic E-state index is 12.8. The molecule has 1 spiro atoms. The van der Waals surface area contributed by atoms with Crippen LogP contribution in [0.4, 0.5) is 14.6 Å². The van der Waals surface area contributed by atoms with E-state index in [2.05, 4.69) is 25.4 Å². The van der Waals surface area contributed by atoms with Crippen molar-refractivity contribution in [3.63, 3.8) is 0 Å². The van der Waals surface area contributed by atoms with Crippen LogP contribution in [0, 0.1) is 12.3 Å². The molecule has 2 fully saturated rings. The van der Waals surface area contributed by atoms with E-state index in [0.717, 1.165) is 38.5 Å². The van der Waals surface area contributed by atoms with Gasteiger partial charge in [-0.05, 0) is 38.0 Å². The maximum Gasteiger partial charge on any atom is 0.263 e. The van der Waals surface area contributed by atoms with Crippen LogP contribution in [-0.2, 0) is 11.3 Å². The Hall–Kier alpha value is -3.14. The molecular formula is C22H24F2N6O2. The molecule has 168 valence electrons. The van der Waals surface area contributed by atoms with Crippen LogP contribution < -0.4 is 9.64 Å². The Morgan fingerprint density at radius 3 is 2.56 bits per heavy atom. The van der Waals surface area contributed by atoms with E-state index < -0.39 is 6.43 Å². The van der Waals surface area contributed by atoms with Crippen LogP contribution in [0.15, 0.2) is 36.4 Å². The average Bonchev–Trinajstić information content (AvgIpc) is 3.17. The van der Waals surface area contributed by atoms with Crippen molar-refractivity contribution >= 4 is 5.82 Å². The van der Waals surface area contributed by atoms with Crippen molar-refractivity contribution in [3.05, 3.63) is 53.3 Å². The van der Waals surface area contributed by atoms with Crippen molar-refractivity contribution in [3.8, 4) is 11.6 Å². The van der Waals surface area contributed by atoms with Gasteiger partial charge in [-0.1, -0.05) is 17.3 Å². The lowest BCUT2D eigenvalue weighted by Crippen LogP contribution is -2.54. The third-order valence-electron chi connectivity index (χ3n) is 6.13. The highest BCUT2D eigenvalue weighted by molar-refractivity contribution is 5.40. The van der Waals surface area contributed by atoms with Crippen LogP contribution >= 0.6 is 0 Å². The molecular weight excluding hydrogens is 418 g/mol.